The third-order valence-corrected chi connectivity index (χ3v) is 3.86. The average molecular weight is 256 g/mol. The van der Waals surface area contributed by atoms with E-state index in [0.29, 0.717) is 0 Å². The lowest BCUT2D eigenvalue weighted by atomic mass is 9.68. The van der Waals surface area contributed by atoms with Gasteiger partial charge >= 0.3 is 5.97 Å². The van der Waals surface area contributed by atoms with Gasteiger partial charge < -0.3 is 4.74 Å². The Morgan fingerprint density at radius 3 is 1.78 bits per heavy atom. The van der Waals surface area contributed by atoms with Crippen molar-refractivity contribution in [2.45, 2.75) is 80.8 Å². The molecule has 0 N–H and O–H groups in total. The van der Waals surface area contributed by atoms with Crippen LogP contribution in [-0.2, 0) is 9.53 Å². The summed E-state index contributed by atoms with van der Waals surface area (Å²) in [6, 6.07) is 0. The molecule has 0 aromatic rings. The van der Waals surface area contributed by atoms with E-state index in [-0.39, 0.29) is 22.9 Å². The van der Waals surface area contributed by atoms with Crippen LogP contribution in [0.1, 0.15) is 75.2 Å². The highest BCUT2D eigenvalue weighted by Gasteiger charge is 2.43. The fourth-order valence-corrected chi connectivity index (χ4v) is 2.05. The van der Waals surface area contributed by atoms with Gasteiger partial charge in [-0.15, -0.1) is 0 Å². The maximum atomic E-state index is 12.5. The van der Waals surface area contributed by atoms with Gasteiger partial charge in [-0.05, 0) is 44.9 Å². The van der Waals surface area contributed by atoms with E-state index in [9.17, 15) is 4.79 Å². The lowest BCUT2D eigenvalue weighted by Gasteiger charge is -2.39. The van der Waals surface area contributed by atoms with E-state index in [1.807, 2.05) is 27.7 Å². The van der Waals surface area contributed by atoms with Crippen molar-refractivity contribution in [1.82, 2.24) is 0 Å². The SMILES string of the molecule is CCC(C)(C)OC(=O)C(C)(CC(C)(C)C)C(C)C. The van der Waals surface area contributed by atoms with Crippen molar-refractivity contribution in [3.8, 4) is 0 Å². The molecule has 0 rings (SSSR count). The smallest absolute Gasteiger partial charge is 0.312 e. The predicted octanol–water partition coefficient (Wildman–Crippen LogP) is 4.82. The quantitative estimate of drug-likeness (QED) is 0.659. The Balaban J connectivity index is 5.07. The summed E-state index contributed by atoms with van der Waals surface area (Å²) in [5, 5.41) is 0. The van der Waals surface area contributed by atoms with E-state index in [1.54, 1.807) is 0 Å². The molecule has 0 aliphatic rings. The highest BCUT2D eigenvalue weighted by molar-refractivity contribution is 5.77. The first-order chi connectivity index (χ1) is 7.84. The summed E-state index contributed by atoms with van der Waals surface area (Å²) in [5.74, 6) is 0.219. The van der Waals surface area contributed by atoms with E-state index >= 15 is 0 Å². The van der Waals surface area contributed by atoms with Gasteiger partial charge in [0.2, 0.25) is 0 Å². The van der Waals surface area contributed by atoms with Crippen LogP contribution in [0, 0.1) is 16.7 Å². The zero-order valence-electron chi connectivity index (χ0n) is 13.8. The molecule has 0 aliphatic heterocycles. The van der Waals surface area contributed by atoms with Crippen LogP contribution < -0.4 is 0 Å². The van der Waals surface area contributed by atoms with Gasteiger partial charge in [0.25, 0.3) is 0 Å². The topological polar surface area (TPSA) is 26.3 Å². The number of hydrogen-bond donors (Lipinski definition) is 0. The minimum Gasteiger partial charge on any atom is -0.459 e. The summed E-state index contributed by atoms with van der Waals surface area (Å²) in [6.07, 6.45) is 1.68. The van der Waals surface area contributed by atoms with Gasteiger partial charge in [-0.2, -0.15) is 0 Å². The van der Waals surface area contributed by atoms with Gasteiger partial charge in [0, 0.05) is 0 Å². The number of carbonyl (C=O) groups is 1. The molecule has 1 unspecified atom stereocenters. The Labute approximate surface area is 113 Å². The van der Waals surface area contributed by atoms with Crippen molar-refractivity contribution in [3.05, 3.63) is 0 Å². The van der Waals surface area contributed by atoms with Crippen LogP contribution in [0.2, 0.25) is 0 Å². The molecule has 0 saturated heterocycles. The molecule has 0 aliphatic carbocycles. The van der Waals surface area contributed by atoms with E-state index in [2.05, 4.69) is 34.6 Å². The summed E-state index contributed by atoms with van der Waals surface area (Å²) in [6.45, 7) is 18.8. The van der Waals surface area contributed by atoms with E-state index in [0.717, 1.165) is 12.8 Å². The van der Waals surface area contributed by atoms with Crippen molar-refractivity contribution in [1.29, 1.82) is 0 Å². The Morgan fingerprint density at radius 2 is 1.50 bits per heavy atom. The first-order valence-electron chi connectivity index (χ1n) is 7.07. The van der Waals surface area contributed by atoms with Crippen LogP contribution in [0.5, 0.6) is 0 Å². The molecule has 0 heterocycles. The fourth-order valence-electron chi connectivity index (χ4n) is 2.05. The maximum absolute atomic E-state index is 12.5. The molecule has 0 spiro atoms. The van der Waals surface area contributed by atoms with Crippen LogP contribution in [0.15, 0.2) is 0 Å². The van der Waals surface area contributed by atoms with Gasteiger partial charge in [0.1, 0.15) is 5.60 Å². The number of ether oxygens (including phenoxy) is 1. The Bertz CT molecular complexity index is 284. The highest BCUT2D eigenvalue weighted by Crippen LogP contribution is 2.41. The minimum atomic E-state index is -0.412. The zero-order valence-corrected chi connectivity index (χ0v) is 13.8. The minimum absolute atomic E-state index is 0.0562. The van der Waals surface area contributed by atoms with Gasteiger partial charge in [-0.25, -0.2) is 0 Å². The molecule has 0 aromatic carbocycles. The molecule has 18 heavy (non-hydrogen) atoms. The van der Waals surface area contributed by atoms with Crippen LogP contribution in [-0.4, -0.2) is 11.6 Å². The Morgan fingerprint density at radius 1 is 1.06 bits per heavy atom. The number of esters is 1. The predicted molar refractivity (Wildman–Crippen MR) is 77.5 cm³/mol. The van der Waals surface area contributed by atoms with E-state index in [4.69, 9.17) is 4.74 Å². The van der Waals surface area contributed by atoms with Crippen molar-refractivity contribution in [2.75, 3.05) is 0 Å². The van der Waals surface area contributed by atoms with Crippen LogP contribution in [0.25, 0.3) is 0 Å². The molecule has 2 heteroatoms. The largest absolute Gasteiger partial charge is 0.459 e. The molecule has 0 bridgehead atoms. The number of rotatable bonds is 5. The zero-order chi connectivity index (χ0) is 14.8. The standard InChI is InChI=1S/C16H32O2/c1-10-15(7,8)18-13(17)16(9,12(2)3)11-14(4,5)6/h12H,10-11H2,1-9H3. The molecule has 108 valence electrons. The molecule has 2 nitrogen and oxygen atoms in total. The van der Waals surface area contributed by atoms with E-state index < -0.39 is 5.41 Å². The molecular formula is C16H32O2. The van der Waals surface area contributed by atoms with Gasteiger partial charge in [0.15, 0.2) is 0 Å². The second-order valence-corrected chi connectivity index (χ2v) is 7.81. The van der Waals surface area contributed by atoms with Gasteiger partial charge in [0.05, 0.1) is 5.41 Å². The normalized spacial score (nSPS) is 16.6. The molecular weight excluding hydrogens is 224 g/mol. The lowest BCUT2D eigenvalue weighted by molar-refractivity contribution is -0.173. The first-order valence-corrected chi connectivity index (χ1v) is 7.07. The maximum Gasteiger partial charge on any atom is 0.312 e. The summed E-state index contributed by atoms with van der Waals surface area (Å²) in [4.78, 5) is 12.5. The second-order valence-electron chi connectivity index (χ2n) is 7.81. The summed E-state index contributed by atoms with van der Waals surface area (Å²) in [5.41, 5.74) is -0.662. The van der Waals surface area contributed by atoms with Crippen LogP contribution in [0.4, 0.5) is 0 Å². The molecule has 0 amide bonds. The average Bonchev–Trinajstić information content (AvgIpc) is 2.14. The van der Waals surface area contributed by atoms with Gasteiger partial charge in [-0.3, -0.25) is 4.79 Å². The number of hydrogen-bond acceptors (Lipinski definition) is 2. The molecule has 0 fully saturated rings. The van der Waals surface area contributed by atoms with Crippen molar-refractivity contribution in [2.24, 2.45) is 16.7 Å². The summed E-state index contributed by atoms with van der Waals surface area (Å²) < 4.78 is 5.72. The second kappa shape index (κ2) is 5.63. The third-order valence-electron chi connectivity index (χ3n) is 3.86. The molecule has 0 radical (unpaired) electrons. The first kappa shape index (κ1) is 17.5. The van der Waals surface area contributed by atoms with Crippen LogP contribution >= 0.6 is 0 Å². The molecule has 0 saturated carbocycles. The fraction of sp³-hybridized carbons (Fsp3) is 0.938. The monoisotopic (exact) mass is 256 g/mol. The van der Waals surface area contributed by atoms with E-state index in [1.165, 1.54) is 0 Å². The van der Waals surface area contributed by atoms with Gasteiger partial charge in [-0.1, -0.05) is 41.5 Å². The van der Waals surface area contributed by atoms with Crippen molar-refractivity contribution < 1.29 is 9.53 Å². The molecule has 1 atom stereocenters. The van der Waals surface area contributed by atoms with Crippen molar-refractivity contribution >= 4 is 5.97 Å². The Hall–Kier alpha value is -0.530. The third kappa shape index (κ3) is 4.99. The highest BCUT2D eigenvalue weighted by atomic mass is 16.6. The summed E-state index contributed by atoms with van der Waals surface area (Å²) in [7, 11) is 0. The Kier molecular flexibility index (Phi) is 5.46. The number of carbonyl (C=O) groups excluding carboxylic acids is 1. The summed E-state index contributed by atoms with van der Waals surface area (Å²) >= 11 is 0. The molecule has 0 aromatic heterocycles. The van der Waals surface area contributed by atoms with Crippen LogP contribution in [0.3, 0.4) is 0 Å². The lowest BCUT2D eigenvalue weighted by Crippen LogP contribution is -2.42. The van der Waals surface area contributed by atoms with Crippen molar-refractivity contribution in [3.63, 3.8) is 0 Å².